The molecule has 0 fully saturated rings. The van der Waals surface area contributed by atoms with E-state index in [4.69, 9.17) is 4.18 Å². The predicted molar refractivity (Wildman–Crippen MR) is 113 cm³/mol. The topological polar surface area (TPSA) is 43.4 Å². The number of fused-ring (bicyclic) bond motifs is 3. The predicted octanol–water partition coefficient (Wildman–Crippen LogP) is 6.12. The van der Waals surface area contributed by atoms with E-state index in [-0.39, 0.29) is 10.8 Å². The van der Waals surface area contributed by atoms with Crippen molar-refractivity contribution in [3.63, 3.8) is 0 Å². The van der Waals surface area contributed by atoms with E-state index < -0.39 is 16.2 Å². The summed E-state index contributed by atoms with van der Waals surface area (Å²) in [5, 5.41) is 0. The minimum atomic E-state index is -3.86. The zero-order valence-corrected chi connectivity index (χ0v) is 18.4. The third-order valence-corrected chi connectivity index (χ3v) is 7.21. The minimum Gasteiger partial charge on any atom is -0.262 e. The molecule has 1 aliphatic carbocycles. The normalized spacial score (nSPS) is 16.6. The van der Waals surface area contributed by atoms with Gasteiger partial charge in [0, 0.05) is 14.9 Å². The Hall–Kier alpha value is -1.47. The molecule has 0 amide bonds. The average Bonchev–Trinajstić information content (AvgIpc) is 2.95. The Labute approximate surface area is 175 Å². The Bertz CT molecular complexity index is 1110. The van der Waals surface area contributed by atoms with Crippen LogP contribution in [0.4, 0.5) is 0 Å². The van der Waals surface area contributed by atoms with Gasteiger partial charge in [-0.2, -0.15) is 8.42 Å². The van der Waals surface area contributed by atoms with E-state index >= 15 is 0 Å². The van der Waals surface area contributed by atoms with Gasteiger partial charge in [0.25, 0.3) is 10.1 Å². The van der Waals surface area contributed by atoms with Crippen molar-refractivity contribution < 1.29 is 12.6 Å². The zero-order valence-electron chi connectivity index (χ0n) is 14.4. The van der Waals surface area contributed by atoms with Crippen molar-refractivity contribution in [2.24, 2.45) is 0 Å². The van der Waals surface area contributed by atoms with Crippen LogP contribution in [0.2, 0.25) is 0 Å². The molecule has 0 aliphatic heterocycles. The van der Waals surface area contributed by atoms with Crippen LogP contribution >= 0.6 is 31.9 Å². The maximum absolute atomic E-state index is 12.8. The summed E-state index contributed by atoms with van der Waals surface area (Å²) in [5.74, 6) is -0.154. The fourth-order valence-corrected chi connectivity index (χ4v) is 5.37. The van der Waals surface area contributed by atoms with E-state index in [9.17, 15) is 8.42 Å². The standard InChI is InChI=1S/C21H16Br2O3S/c1-13(26-27(24,25)16-9-6-14(22)7-10-16)21-19-5-3-2-4-17(19)18-11-8-15(23)12-20(18)21/h2-13,21H,1H3/t13-,21-/m1/s1. The molecule has 0 spiro atoms. The molecular formula is C21H16Br2O3S. The highest BCUT2D eigenvalue weighted by molar-refractivity contribution is 9.10. The van der Waals surface area contributed by atoms with Crippen molar-refractivity contribution in [1.82, 2.24) is 0 Å². The van der Waals surface area contributed by atoms with Crippen LogP contribution in [0.1, 0.15) is 24.0 Å². The smallest absolute Gasteiger partial charge is 0.262 e. The highest BCUT2D eigenvalue weighted by Gasteiger charge is 2.35. The zero-order chi connectivity index (χ0) is 19.2. The quantitative estimate of drug-likeness (QED) is 0.399. The summed E-state index contributed by atoms with van der Waals surface area (Å²) in [6, 6.07) is 20.7. The monoisotopic (exact) mass is 506 g/mol. The van der Waals surface area contributed by atoms with Gasteiger partial charge in [0.05, 0.1) is 11.0 Å². The van der Waals surface area contributed by atoms with Crippen LogP contribution in [0, 0.1) is 0 Å². The molecule has 27 heavy (non-hydrogen) atoms. The average molecular weight is 508 g/mol. The number of halogens is 2. The van der Waals surface area contributed by atoms with Crippen LogP contribution in [0.25, 0.3) is 11.1 Å². The van der Waals surface area contributed by atoms with Crippen LogP contribution < -0.4 is 0 Å². The Kier molecular flexibility index (Phi) is 5.01. The summed E-state index contributed by atoms with van der Waals surface area (Å²) >= 11 is 6.85. The van der Waals surface area contributed by atoms with E-state index in [0.29, 0.717) is 0 Å². The molecule has 138 valence electrons. The van der Waals surface area contributed by atoms with Gasteiger partial charge in [-0.3, -0.25) is 4.18 Å². The Balaban J connectivity index is 1.73. The highest BCUT2D eigenvalue weighted by atomic mass is 79.9. The van der Waals surface area contributed by atoms with Crippen molar-refractivity contribution in [2.45, 2.75) is 23.8 Å². The lowest BCUT2D eigenvalue weighted by molar-refractivity contribution is 0.212. The summed E-state index contributed by atoms with van der Waals surface area (Å²) in [4.78, 5) is 0.151. The summed E-state index contributed by atoms with van der Waals surface area (Å²) < 4.78 is 32.9. The maximum Gasteiger partial charge on any atom is 0.297 e. The molecule has 0 unspecified atom stereocenters. The van der Waals surface area contributed by atoms with E-state index in [2.05, 4.69) is 44.0 Å². The molecule has 3 nitrogen and oxygen atoms in total. The Morgan fingerprint density at radius 3 is 2.22 bits per heavy atom. The lowest BCUT2D eigenvalue weighted by atomic mass is 9.92. The lowest BCUT2D eigenvalue weighted by Gasteiger charge is -2.22. The molecule has 0 aromatic heterocycles. The third kappa shape index (κ3) is 3.51. The first-order chi connectivity index (χ1) is 12.9. The molecule has 0 bridgehead atoms. The van der Waals surface area contributed by atoms with Gasteiger partial charge in [-0.25, -0.2) is 0 Å². The summed E-state index contributed by atoms with van der Waals surface area (Å²) in [5.41, 5.74) is 4.41. The molecule has 3 aromatic carbocycles. The van der Waals surface area contributed by atoms with Crippen LogP contribution in [0.3, 0.4) is 0 Å². The van der Waals surface area contributed by atoms with E-state index in [0.717, 1.165) is 31.2 Å². The van der Waals surface area contributed by atoms with Gasteiger partial charge in [-0.05, 0) is 65.6 Å². The van der Waals surface area contributed by atoms with Crippen LogP contribution in [0.5, 0.6) is 0 Å². The van der Waals surface area contributed by atoms with E-state index in [1.54, 1.807) is 24.3 Å². The maximum atomic E-state index is 12.8. The number of rotatable bonds is 4. The first kappa shape index (κ1) is 18.9. The summed E-state index contributed by atoms with van der Waals surface area (Å²) in [6.07, 6.45) is -0.546. The molecule has 0 saturated carbocycles. The molecule has 1 aliphatic rings. The van der Waals surface area contributed by atoms with Crippen LogP contribution in [-0.4, -0.2) is 14.5 Å². The fourth-order valence-electron chi connectivity index (χ4n) is 3.64. The van der Waals surface area contributed by atoms with Gasteiger partial charge in [0.15, 0.2) is 0 Å². The van der Waals surface area contributed by atoms with Gasteiger partial charge >= 0.3 is 0 Å². The van der Waals surface area contributed by atoms with Crippen LogP contribution in [0.15, 0.2) is 80.6 Å². The van der Waals surface area contributed by atoms with E-state index in [1.165, 1.54) is 0 Å². The Morgan fingerprint density at radius 1 is 0.852 bits per heavy atom. The molecule has 6 heteroatoms. The number of benzene rings is 3. The highest BCUT2D eigenvalue weighted by Crippen LogP contribution is 2.48. The molecule has 2 atom stereocenters. The summed E-state index contributed by atoms with van der Waals surface area (Å²) in [7, 11) is -3.86. The van der Waals surface area contributed by atoms with Crippen molar-refractivity contribution in [2.75, 3.05) is 0 Å². The van der Waals surface area contributed by atoms with Gasteiger partial charge < -0.3 is 0 Å². The van der Waals surface area contributed by atoms with Crippen LogP contribution in [-0.2, 0) is 14.3 Å². The molecule has 3 aromatic rings. The molecule has 0 saturated heterocycles. The fraction of sp³-hybridized carbons (Fsp3) is 0.143. The van der Waals surface area contributed by atoms with Crippen molar-refractivity contribution in [3.8, 4) is 11.1 Å². The lowest BCUT2D eigenvalue weighted by Crippen LogP contribution is -2.22. The van der Waals surface area contributed by atoms with Crippen molar-refractivity contribution in [1.29, 1.82) is 0 Å². The van der Waals surface area contributed by atoms with E-state index in [1.807, 2.05) is 37.3 Å². The first-order valence-corrected chi connectivity index (χ1v) is 11.4. The third-order valence-electron chi connectivity index (χ3n) is 4.78. The molecule has 0 radical (unpaired) electrons. The second-order valence-electron chi connectivity index (χ2n) is 6.51. The molecule has 0 heterocycles. The summed E-state index contributed by atoms with van der Waals surface area (Å²) in [6.45, 7) is 1.81. The first-order valence-electron chi connectivity index (χ1n) is 8.44. The second kappa shape index (κ2) is 7.17. The minimum absolute atomic E-state index is 0.151. The van der Waals surface area contributed by atoms with Crippen molar-refractivity contribution in [3.05, 3.63) is 86.8 Å². The largest absolute Gasteiger partial charge is 0.297 e. The number of hydrogen-bond acceptors (Lipinski definition) is 3. The van der Waals surface area contributed by atoms with Crippen molar-refractivity contribution >= 4 is 42.0 Å². The molecule has 4 rings (SSSR count). The molecular weight excluding hydrogens is 492 g/mol. The molecule has 0 N–H and O–H groups in total. The second-order valence-corrected chi connectivity index (χ2v) is 9.91. The SMILES string of the molecule is C[C@@H](OS(=O)(=O)c1ccc(Br)cc1)[C@@H]1c2ccccc2-c2ccc(Br)cc21. The van der Waals surface area contributed by atoms with Gasteiger partial charge in [0.1, 0.15) is 0 Å². The van der Waals surface area contributed by atoms with Gasteiger partial charge in [-0.15, -0.1) is 0 Å². The van der Waals surface area contributed by atoms with Gasteiger partial charge in [0.2, 0.25) is 0 Å². The Morgan fingerprint density at radius 2 is 1.48 bits per heavy atom. The number of hydrogen-bond donors (Lipinski definition) is 0. The van der Waals surface area contributed by atoms with Gasteiger partial charge in [-0.1, -0.05) is 62.2 Å².